The minimum absolute atomic E-state index is 0.233. The Morgan fingerprint density at radius 2 is 2.20 bits per heavy atom. The molecule has 0 saturated carbocycles. The number of nitrogens with one attached hydrogen (secondary N) is 1. The topological polar surface area (TPSA) is 105 Å². The Hall–Kier alpha value is -3.56. The molecular formula is C20H20FN7O2. The molecule has 0 aliphatic carbocycles. The number of amides is 1. The number of alkyl halides is 1. The smallest absolute Gasteiger partial charge is 0.312 e. The number of aromatic amines is 1. The molecule has 0 bridgehead atoms. The molecule has 9 nitrogen and oxygen atoms in total. The molecule has 0 fully saturated rings. The minimum atomic E-state index is -1.83. The second kappa shape index (κ2) is 6.48. The van der Waals surface area contributed by atoms with Gasteiger partial charge >= 0.3 is 11.8 Å². The Balaban J connectivity index is 1.59. The molecule has 1 aliphatic heterocycles. The number of rotatable bonds is 3. The average molecular weight is 409 g/mol. The highest BCUT2D eigenvalue weighted by atomic mass is 19.1. The lowest BCUT2D eigenvalue weighted by atomic mass is 9.99. The lowest BCUT2D eigenvalue weighted by Crippen LogP contribution is -2.41. The van der Waals surface area contributed by atoms with E-state index in [1.807, 2.05) is 31.3 Å². The van der Waals surface area contributed by atoms with Crippen LogP contribution in [0.1, 0.15) is 59.1 Å². The van der Waals surface area contributed by atoms with E-state index in [1.165, 1.54) is 13.8 Å². The lowest BCUT2D eigenvalue weighted by Gasteiger charge is -2.32. The van der Waals surface area contributed by atoms with Crippen molar-refractivity contribution in [3.8, 4) is 0 Å². The number of hydrogen-bond donors (Lipinski definition) is 1. The van der Waals surface area contributed by atoms with E-state index in [-0.39, 0.29) is 11.8 Å². The van der Waals surface area contributed by atoms with Gasteiger partial charge in [0, 0.05) is 24.9 Å². The van der Waals surface area contributed by atoms with Crippen molar-refractivity contribution in [2.75, 3.05) is 6.54 Å². The monoisotopic (exact) mass is 409 g/mol. The molecule has 5 heterocycles. The third kappa shape index (κ3) is 2.87. The van der Waals surface area contributed by atoms with Crippen molar-refractivity contribution in [1.29, 1.82) is 0 Å². The van der Waals surface area contributed by atoms with Gasteiger partial charge in [0.05, 0.1) is 23.2 Å². The summed E-state index contributed by atoms with van der Waals surface area (Å²) in [7, 11) is 0. The van der Waals surface area contributed by atoms with Crippen molar-refractivity contribution in [1.82, 2.24) is 34.7 Å². The number of pyridine rings is 1. The van der Waals surface area contributed by atoms with Gasteiger partial charge < -0.3 is 14.3 Å². The van der Waals surface area contributed by atoms with Crippen molar-refractivity contribution in [3.05, 3.63) is 65.1 Å². The number of H-pyrrole nitrogens is 1. The molecule has 4 aromatic heterocycles. The Morgan fingerprint density at radius 3 is 2.93 bits per heavy atom. The van der Waals surface area contributed by atoms with E-state index in [0.717, 1.165) is 22.5 Å². The molecule has 5 rings (SSSR count). The SMILES string of the molecule is Cc1cccn2nc(C3c4nc[nH]c4CCN3C(=O)c3nnc(C(C)(C)F)o3)cc12. The highest BCUT2D eigenvalue weighted by Crippen LogP contribution is 2.34. The maximum atomic E-state index is 14.1. The molecule has 1 amide bonds. The van der Waals surface area contributed by atoms with Crippen molar-refractivity contribution in [3.63, 3.8) is 0 Å². The summed E-state index contributed by atoms with van der Waals surface area (Å²) in [5.41, 5.74) is 2.54. The van der Waals surface area contributed by atoms with Crippen LogP contribution in [-0.4, -0.2) is 47.1 Å². The van der Waals surface area contributed by atoms with Gasteiger partial charge in [0.2, 0.25) is 0 Å². The normalized spacial score (nSPS) is 16.8. The van der Waals surface area contributed by atoms with Crippen LogP contribution in [0, 0.1) is 6.92 Å². The van der Waals surface area contributed by atoms with Crippen LogP contribution >= 0.6 is 0 Å². The molecule has 10 heteroatoms. The van der Waals surface area contributed by atoms with E-state index in [1.54, 1.807) is 15.7 Å². The Bertz CT molecular complexity index is 1250. The number of nitrogens with zero attached hydrogens (tertiary/aromatic N) is 6. The summed E-state index contributed by atoms with van der Waals surface area (Å²) in [6.07, 6.45) is 4.07. The van der Waals surface area contributed by atoms with Gasteiger partial charge in [-0.25, -0.2) is 13.9 Å². The number of aryl methyl sites for hydroxylation is 1. The highest BCUT2D eigenvalue weighted by molar-refractivity contribution is 5.90. The van der Waals surface area contributed by atoms with Gasteiger partial charge in [0.1, 0.15) is 6.04 Å². The summed E-state index contributed by atoms with van der Waals surface area (Å²) in [5, 5.41) is 12.2. The van der Waals surface area contributed by atoms with E-state index in [9.17, 15) is 9.18 Å². The third-order valence-corrected chi connectivity index (χ3v) is 5.31. The van der Waals surface area contributed by atoms with Crippen LogP contribution in [0.5, 0.6) is 0 Å². The summed E-state index contributed by atoms with van der Waals surface area (Å²) in [5.74, 6) is -0.965. The van der Waals surface area contributed by atoms with Crippen molar-refractivity contribution in [2.24, 2.45) is 0 Å². The molecular weight excluding hydrogens is 389 g/mol. The highest BCUT2D eigenvalue weighted by Gasteiger charge is 2.39. The van der Waals surface area contributed by atoms with Gasteiger partial charge in [0.15, 0.2) is 5.67 Å². The van der Waals surface area contributed by atoms with Gasteiger partial charge in [0.25, 0.3) is 5.89 Å². The minimum Gasteiger partial charge on any atom is -0.413 e. The molecule has 1 N–H and O–H groups in total. The van der Waals surface area contributed by atoms with Gasteiger partial charge in [-0.1, -0.05) is 6.07 Å². The summed E-state index contributed by atoms with van der Waals surface area (Å²) < 4.78 is 21.3. The van der Waals surface area contributed by atoms with Crippen LogP contribution in [-0.2, 0) is 12.1 Å². The summed E-state index contributed by atoms with van der Waals surface area (Å²) >= 11 is 0. The predicted octanol–water partition coefficient (Wildman–Crippen LogP) is 2.74. The quantitative estimate of drug-likeness (QED) is 0.558. The Labute approximate surface area is 170 Å². The summed E-state index contributed by atoms with van der Waals surface area (Å²) in [4.78, 5) is 22.5. The number of fused-ring (bicyclic) bond motifs is 2. The van der Waals surface area contributed by atoms with Crippen molar-refractivity contribution >= 4 is 11.4 Å². The summed E-state index contributed by atoms with van der Waals surface area (Å²) in [6.45, 7) is 5.01. The first-order valence-corrected chi connectivity index (χ1v) is 9.64. The zero-order valence-electron chi connectivity index (χ0n) is 16.8. The Morgan fingerprint density at radius 1 is 1.37 bits per heavy atom. The predicted molar refractivity (Wildman–Crippen MR) is 104 cm³/mol. The van der Waals surface area contributed by atoms with Crippen molar-refractivity contribution in [2.45, 2.75) is 38.9 Å². The number of carbonyl (C=O) groups excluding carboxylic acids is 1. The maximum absolute atomic E-state index is 14.1. The van der Waals surface area contributed by atoms with E-state index >= 15 is 0 Å². The van der Waals surface area contributed by atoms with Crippen molar-refractivity contribution < 1.29 is 13.6 Å². The third-order valence-electron chi connectivity index (χ3n) is 5.31. The number of imidazole rings is 1. The molecule has 1 unspecified atom stereocenters. The van der Waals surface area contributed by atoms with Crippen LogP contribution in [0.2, 0.25) is 0 Å². The van der Waals surface area contributed by atoms with Gasteiger partial charge in [-0.2, -0.15) is 5.10 Å². The molecule has 30 heavy (non-hydrogen) atoms. The number of aromatic nitrogens is 6. The van der Waals surface area contributed by atoms with Crippen LogP contribution in [0.25, 0.3) is 5.52 Å². The average Bonchev–Trinajstić information content (AvgIpc) is 3.44. The second-order valence-electron chi connectivity index (χ2n) is 7.89. The fourth-order valence-corrected chi connectivity index (χ4v) is 3.78. The first kappa shape index (κ1) is 18.5. The fraction of sp³-hybridized carbons (Fsp3) is 0.350. The van der Waals surface area contributed by atoms with Crippen LogP contribution in [0.15, 0.2) is 35.1 Å². The molecule has 4 aromatic rings. The Kier molecular flexibility index (Phi) is 3.99. The second-order valence-corrected chi connectivity index (χ2v) is 7.89. The van der Waals surface area contributed by atoms with Crippen LogP contribution in [0.3, 0.4) is 0 Å². The van der Waals surface area contributed by atoms with Gasteiger partial charge in [-0.3, -0.25) is 4.79 Å². The molecule has 154 valence electrons. The fourth-order valence-electron chi connectivity index (χ4n) is 3.78. The largest absolute Gasteiger partial charge is 0.413 e. The molecule has 1 aliphatic rings. The zero-order chi connectivity index (χ0) is 21.0. The molecule has 1 atom stereocenters. The van der Waals surface area contributed by atoms with Crippen LogP contribution in [0.4, 0.5) is 4.39 Å². The molecule has 0 spiro atoms. The summed E-state index contributed by atoms with van der Waals surface area (Å²) in [6, 6.07) is 5.35. The first-order valence-electron chi connectivity index (χ1n) is 9.64. The van der Waals surface area contributed by atoms with Gasteiger partial charge in [-0.05, 0) is 38.5 Å². The van der Waals surface area contributed by atoms with E-state index in [4.69, 9.17) is 4.42 Å². The number of hydrogen-bond acceptors (Lipinski definition) is 6. The molecule has 0 radical (unpaired) electrons. The standard InChI is InChI=1S/C20H20FN7O2/c1-11-5-4-7-28-14(11)9-13(26-28)16-15-12(22-10-23-15)6-8-27(16)18(29)17-24-25-19(30-17)20(2,3)21/h4-5,7,9-10,16H,6,8H2,1-3H3,(H,22,23). The number of halogens is 1. The molecule has 0 saturated heterocycles. The van der Waals surface area contributed by atoms with E-state index in [0.29, 0.717) is 18.7 Å². The zero-order valence-corrected chi connectivity index (χ0v) is 16.8. The van der Waals surface area contributed by atoms with Crippen LogP contribution < -0.4 is 0 Å². The molecule has 0 aromatic carbocycles. The van der Waals surface area contributed by atoms with E-state index < -0.39 is 17.6 Å². The first-order chi connectivity index (χ1) is 14.3. The van der Waals surface area contributed by atoms with E-state index in [2.05, 4.69) is 25.3 Å². The number of carbonyl (C=O) groups is 1. The van der Waals surface area contributed by atoms with Gasteiger partial charge in [-0.15, -0.1) is 10.2 Å². The maximum Gasteiger partial charge on any atom is 0.312 e. The lowest BCUT2D eigenvalue weighted by molar-refractivity contribution is 0.0636.